The smallest absolute Gasteiger partial charge is 0.322 e. The molecule has 1 unspecified atom stereocenters. The molecule has 102 valence electrons. The Morgan fingerprint density at radius 3 is 2.95 bits per heavy atom. The molecule has 2 aliphatic rings. The Hall–Kier alpha value is -1.95. The van der Waals surface area contributed by atoms with Crippen LogP contribution in [-0.4, -0.2) is 45.4 Å². The van der Waals surface area contributed by atoms with Crippen LogP contribution in [0.25, 0.3) is 0 Å². The van der Waals surface area contributed by atoms with Gasteiger partial charge in [0.2, 0.25) is 0 Å². The molecule has 1 aromatic carbocycles. The van der Waals surface area contributed by atoms with Crippen molar-refractivity contribution in [3.63, 3.8) is 0 Å². The van der Waals surface area contributed by atoms with Gasteiger partial charge in [-0.05, 0) is 19.2 Å². The number of urea groups is 1. The summed E-state index contributed by atoms with van der Waals surface area (Å²) in [5.41, 5.74) is 0.834. The number of amides is 2. The number of benzene rings is 1. The van der Waals surface area contributed by atoms with Crippen LogP contribution in [0.15, 0.2) is 18.2 Å². The third-order valence-corrected chi connectivity index (χ3v) is 3.26. The lowest BCUT2D eigenvalue weighted by molar-refractivity contribution is 0.171. The van der Waals surface area contributed by atoms with E-state index in [1.165, 1.54) is 0 Å². The van der Waals surface area contributed by atoms with Gasteiger partial charge in [0, 0.05) is 24.8 Å². The highest BCUT2D eigenvalue weighted by Crippen LogP contribution is 2.34. The van der Waals surface area contributed by atoms with Gasteiger partial charge in [0.15, 0.2) is 11.5 Å². The van der Waals surface area contributed by atoms with Gasteiger partial charge in [-0.2, -0.15) is 0 Å². The molecule has 0 aliphatic carbocycles. The normalized spacial score (nSPS) is 21.4. The molecule has 1 aromatic rings. The number of nitrogens with zero attached hydrogens (tertiary/aromatic N) is 1. The van der Waals surface area contributed by atoms with E-state index in [2.05, 4.69) is 10.6 Å². The minimum Gasteiger partial charge on any atom is -0.486 e. The Morgan fingerprint density at radius 1 is 1.37 bits per heavy atom. The van der Waals surface area contributed by atoms with E-state index in [-0.39, 0.29) is 12.1 Å². The van der Waals surface area contributed by atoms with Gasteiger partial charge in [-0.25, -0.2) is 4.79 Å². The minimum atomic E-state index is -0.0723. The van der Waals surface area contributed by atoms with E-state index in [1.54, 1.807) is 4.90 Å². The average Bonchev–Trinajstić information content (AvgIpc) is 2.79. The fourth-order valence-corrected chi connectivity index (χ4v) is 2.39. The number of hydrogen-bond acceptors (Lipinski definition) is 4. The van der Waals surface area contributed by atoms with Crippen LogP contribution in [0.2, 0.25) is 0 Å². The lowest BCUT2D eigenvalue weighted by Gasteiger charge is -2.21. The number of fused-ring (bicyclic) bond motifs is 1. The molecule has 19 heavy (non-hydrogen) atoms. The topological polar surface area (TPSA) is 62.8 Å². The monoisotopic (exact) mass is 263 g/mol. The summed E-state index contributed by atoms with van der Waals surface area (Å²) in [5.74, 6) is 1.44. The van der Waals surface area contributed by atoms with Gasteiger partial charge in [0.25, 0.3) is 0 Å². The molecule has 0 aromatic heterocycles. The summed E-state index contributed by atoms with van der Waals surface area (Å²) in [5, 5.41) is 6.00. The highest BCUT2D eigenvalue weighted by molar-refractivity contribution is 5.95. The van der Waals surface area contributed by atoms with Gasteiger partial charge in [-0.1, -0.05) is 0 Å². The maximum Gasteiger partial charge on any atom is 0.322 e. The molecule has 6 heteroatoms. The van der Waals surface area contributed by atoms with Gasteiger partial charge >= 0.3 is 6.03 Å². The van der Waals surface area contributed by atoms with Crippen LogP contribution in [0.3, 0.4) is 0 Å². The van der Waals surface area contributed by atoms with Crippen molar-refractivity contribution in [2.75, 3.05) is 38.3 Å². The first-order chi connectivity index (χ1) is 9.28. The van der Waals surface area contributed by atoms with Gasteiger partial charge in [0.05, 0.1) is 6.04 Å². The van der Waals surface area contributed by atoms with Crippen molar-refractivity contribution >= 4 is 11.7 Å². The quantitative estimate of drug-likeness (QED) is 0.837. The van der Waals surface area contributed by atoms with E-state index in [4.69, 9.17) is 9.47 Å². The molecule has 2 heterocycles. The van der Waals surface area contributed by atoms with Crippen LogP contribution in [0.1, 0.15) is 0 Å². The summed E-state index contributed by atoms with van der Waals surface area (Å²) < 4.78 is 11.0. The number of nitrogens with one attached hydrogen (secondary N) is 2. The predicted octanol–water partition coefficient (Wildman–Crippen LogP) is 0.575. The minimum absolute atomic E-state index is 0.0723. The Morgan fingerprint density at radius 2 is 2.16 bits per heavy atom. The summed E-state index contributed by atoms with van der Waals surface area (Å²) in [6.45, 7) is 2.53. The van der Waals surface area contributed by atoms with Gasteiger partial charge in [-0.3, -0.25) is 4.90 Å². The summed E-state index contributed by atoms with van der Waals surface area (Å²) in [4.78, 5) is 13.7. The zero-order valence-corrected chi connectivity index (χ0v) is 10.8. The zero-order chi connectivity index (χ0) is 13.2. The third-order valence-electron chi connectivity index (χ3n) is 3.26. The Labute approximate surface area is 111 Å². The Kier molecular flexibility index (Phi) is 3.16. The molecule has 2 N–H and O–H groups in total. The highest BCUT2D eigenvalue weighted by Gasteiger charge is 2.30. The van der Waals surface area contributed by atoms with Crippen molar-refractivity contribution in [2.24, 2.45) is 0 Å². The van der Waals surface area contributed by atoms with Crippen molar-refractivity contribution in [2.45, 2.75) is 6.04 Å². The van der Waals surface area contributed by atoms with E-state index in [1.807, 2.05) is 25.2 Å². The molecule has 0 spiro atoms. The number of likely N-dealkylation sites (N-methyl/N-ethyl adjacent to an activating group) is 1. The Bertz CT molecular complexity index is 492. The number of carbonyl (C=O) groups excluding carboxylic acids is 1. The van der Waals surface area contributed by atoms with Crippen molar-refractivity contribution in [1.29, 1.82) is 0 Å². The molecule has 0 radical (unpaired) electrons. The van der Waals surface area contributed by atoms with Crippen molar-refractivity contribution in [1.82, 2.24) is 10.6 Å². The molecule has 1 atom stereocenters. The molecule has 1 fully saturated rings. The van der Waals surface area contributed by atoms with Crippen LogP contribution < -0.4 is 25.0 Å². The number of rotatable bonds is 3. The van der Waals surface area contributed by atoms with Gasteiger partial charge in [0.1, 0.15) is 13.2 Å². The van der Waals surface area contributed by atoms with E-state index in [0.717, 1.165) is 18.0 Å². The lowest BCUT2D eigenvalue weighted by atomic mass is 10.2. The zero-order valence-electron chi connectivity index (χ0n) is 10.8. The summed E-state index contributed by atoms with van der Waals surface area (Å²) >= 11 is 0. The van der Waals surface area contributed by atoms with Crippen LogP contribution >= 0.6 is 0 Å². The fraction of sp³-hybridized carbons (Fsp3) is 0.462. The number of hydrogen-bond donors (Lipinski definition) is 2. The van der Waals surface area contributed by atoms with Crippen LogP contribution in [-0.2, 0) is 0 Å². The Balaban J connectivity index is 1.80. The molecule has 1 saturated heterocycles. The number of carbonyl (C=O) groups is 1. The predicted molar refractivity (Wildman–Crippen MR) is 71.0 cm³/mol. The standard InChI is InChI=1S/C13H17N3O3/c1-14-7-9-8-16(13(17)15-9)10-2-3-11-12(6-10)19-5-4-18-11/h2-3,6,9,14H,4-5,7-8H2,1H3,(H,15,17). The summed E-state index contributed by atoms with van der Waals surface area (Å²) in [6.07, 6.45) is 0. The molecule has 2 amide bonds. The van der Waals surface area contributed by atoms with Crippen LogP contribution in [0.5, 0.6) is 11.5 Å². The molecule has 3 rings (SSSR count). The first kappa shape index (κ1) is 12.1. The largest absolute Gasteiger partial charge is 0.486 e. The molecular formula is C13H17N3O3. The molecule has 2 aliphatic heterocycles. The van der Waals surface area contributed by atoms with Crippen molar-refractivity contribution < 1.29 is 14.3 Å². The van der Waals surface area contributed by atoms with E-state index in [9.17, 15) is 4.79 Å². The molecular weight excluding hydrogens is 246 g/mol. The van der Waals surface area contributed by atoms with Crippen LogP contribution in [0, 0.1) is 0 Å². The van der Waals surface area contributed by atoms with Gasteiger partial charge < -0.3 is 20.1 Å². The van der Waals surface area contributed by atoms with Crippen molar-refractivity contribution in [3.05, 3.63) is 18.2 Å². The maximum atomic E-state index is 11.9. The summed E-state index contributed by atoms with van der Waals surface area (Å²) in [7, 11) is 1.87. The fourth-order valence-electron chi connectivity index (χ4n) is 2.39. The van der Waals surface area contributed by atoms with E-state index in [0.29, 0.717) is 25.5 Å². The molecule has 0 saturated carbocycles. The first-order valence-electron chi connectivity index (χ1n) is 6.40. The molecule has 6 nitrogen and oxygen atoms in total. The second-order valence-electron chi connectivity index (χ2n) is 4.64. The van der Waals surface area contributed by atoms with Crippen molar-refractivity contribution in [3.8, 4) is 11.5 Å². The van der Waals surface area contributed by atoms with E-state index < -0.39 is 0 Å². The van der Waals surface area contributed by atoms with E-state index >= 15 is 0 Å². The summed E-state index contributed by atoms with van der Waals surface area (Å²) in [6, 6.07) is 5.65. The second-order valence-corrected chi connectivity index (χ2v) is 4.64. The number of ether oxygens (including phenoxy) is 2. The second kappa shape index (κ2) is 4.97. The third kappa shape index (κ3) is 2.31. The maximum absolute atomic E-state index is 11.9. The van der Waals surface area contributed by atoms with Crippen LogP contribution in [0.4, 0.5) is 10.5 Å². The number of anilines is 1. The lowest BCUT2D eigenvalue weighted by Crippen LogP contribution is -2.35. The average molecular weight is 263 g/mol. The highest BCUT2D eigenvalue weighted by atomic mass is 16.6. The van der Waals surface area contributed by atoms with Gasteiger partial charge in [-0.15, -0.1) is 0 Å². The SMILES string of the molecule is CNCC1CN(c2ccc3c(c2)OCCO3)C(=O)N1. The molecule has 0 bridgehead atoms. The first-order valence-corrected chi connectivity index (χ1v) is 6.40.